The lowest BCUT2D eigenvalue weighted by molar-refractivity contribution is 0.550. The predicted octanol–water partition coefficient (Wildman–Crippen LogP) is 2.56. The van der Waals surface area contributed by atoms with Gasteiger partial charge in [-0.1, -0.05) is 26.7 Å². The van der Waals surface area contributed by atoms with Gasteiger partial charge in [0.15, 0.2) is 0 Å². The first-order valence-electron chi connectivity index (χ1n) is 4.63. The van der Waals surface area contributed by atoms with E-state index in [-0.39, 0.29) is 0 Å². The van der Waals surface area contributed by atoms with E-state index in [1.165, 1.54) is 32.2 Å². The molecule has 0 bridgehead atoms. The lowest BCUT2D eigenvalue weighted by atomic mass is 10.1. The van der Waals surface area contributed by atoms with Crippen LogP contribution in [0.5, 0.6) is 0 Å². The minimum absolute atomic E-state index is 0.775. The van der Waals surface area contributed by atoms with Crippen LogP contribution in [0, 0.1) is 0 Å². The fraction of sp³-hybridized carbons (Fsp3) is 1.00. The average Bonchev–Trinajstić information content (AvgIpc) is 2.21. The van der Waals surface area contributed by atoms with Crippen molar-refractivity contribution in [1.29, 1.82) is 0 Å². The largest absolute Gasteiger partial charge is 0.314 e. The first-order chi connectivity index (χ1) is 4.89. The molecule has 10 heavy (non-hydrogen) atoms. The molecule has 1 aliphatic rings. The molecule has 0 radical (unpaired) electrons. The Morgan fingerprint density at radius 3 is 2.50 bits per heavy atom. The smallest absolute Gasteiger partial charge is 0.00387 e. The van der Waals surface area contributed by atoms with Gasteiger partial charge in [0, 0.05) is 6.04 Å². The summed E-state index contributed by atoms with van der Waals surface area (Å²) in [6.07, 6.45) is 5.61. The third-order valence-corrected chi connectivity index (χ3v) is 1.81. The fourth-order valence-electron chi connectivity index (χ4n) is 1.20. The monoisotopic (exact) mass is 143 g/mol. The first-order valence-corrected chi connectivity index (χ1v) is 4.63. The van der Waals surface area contributed by atoms with Gasteiger partial charge < -0.3 is 5.32 Å². The molecule has 0 aromatic carbocycles. The van der Waals surface area contributed by atoms with Crippen molar-refractivity contribution >= 4 is 0 Å². The van der Waals surface area contributed by atoms with Crippen LogP contribution in [-0.2, 0) is 0 Å². The molecule has 1 aliphatic heterocycles. The Morgan fingerprint density at radius 1 is 1.10 bits per heavy atom. The van der Waals surface area contributed by atoms with E-state index in [0.29, 0.717) is 0 Å². The van der Waals surface area contributed by atoms with Gasteiger partial charge in [-0.15, -0.1) is 0 Å². The standard InChI is InChI=1S/C7H15N.C2H6/c1-7-5-3-2-4-6-8-7;1-2/h7-8H,2-6H2,1H3;1-2H3. The highest BCUT2D eigenvalue weighted by molar-refractivity contribution is 4.64. The summed E-state index contributed by atoms with van der Waals surface area (Å²) in [6, 6.07) is 0.775. The van der Waals surface area contributed by atoms with Gasteiger partial charge >= 0.3 is 0 Å². The second-order valence-corrected chi connectivity index (χ2v) is 2.70. The topological polar surface area (TPSA) is 12.0 Å². The molecular formula is C9H21N. The second-order valence-electron chi connectivity index (χ2n) is 2.70. The van der Waals surface area contributed by atoms with Gasteiger partial charge in [0.1, 0.15) is 0 Å². The van der Waals surface area contributed by atoms with Crippen LogP contribution in [-0.4, -0.2) is 12.6 Å². The molecule has 0 aliphatic carbocycles. The van der Waals surface area contributed by atoms with Crippen LogP contribution >= 0.6 is 0 Å². The van der Waals surface area contributed by atoms with Gasteiger partial charge in [-0.2, -0.15) is 0 Å². The van der Waals surface area contributed by atoms with E-state index in [0.717, 1.165) is 6.04 Å². The van der Waals surface area contributed by atoms with Gasteiger partial charge in [-0.3, -0.25) is 0 Å². The molecule has 1 heteroatoms. The van der Waals surface area contributed by atoms with Crippen LogP contribution < -0.4 is 5.32 Å². The molecule has 1 heterocycles. The van der Waals surface area contributed by atoms with Crippen LogP contribution in [0.25, 0.3) is 0 Å². The van der Waals surface area contributed by atoms with E-state index in [1.807, 2.05) is 13.8 Å². The second kappa shape index (κ2) is 7.07. The molecule has 0 aromatic rings. The van der Waals surface area contributed by atoms with Gasteiger partial charge in [-0.25, -0.2) is 0 Å². The Labute approximate surface area is 65.2 Å². The van der Waals surface area contributed by atoms with Crippen molar-refractivity contribution in [2.24, 2.45) is 0 Å². The van der Waals surface area contributed by atoms with Crippen LogP contribution in [0.15, 0.2) is 0 Å². The SMILES string of the molecule is CC.CC1CCCCCN1. The number of hydrogen-bond acceptors (Lipinski definition) is 1. The van der Waals surface area contributed by atoms with Gasteiger partial charge in [-0.05, 0) is 26.3 Å². The summed E-state index contributed by atoms with van der Waals surface area (Å²) >= 11 is 0. The summed E-state index contributed by atoms with van der Waals surface area (Å²) in [6.45, 7) is 7.51. The quantitative estimate of drug-likeness (QED) is 0.549. The van der Waals surface area contributed by atoms with E-state index in [1.54, 1.807) is 0 Å². The molecule has 1 fully saturated rings. The Hall–Kier alpha value is -0.0400. The minimum Gasteiger partial charge on any atom is -0.314 e. The van der Waals surface area contributed by atoms with Crippen molar-refractivity contribution in [3.8, 4) is 0 Å². The summed E-state index contributed by atoms with van der Waals surface area (Å²) in [5.74, 6) is 0. The Kier molecular flexibility index (Phi) is 7.04. The molecule has 62 valence electrons. The summed E-state index contributed by atoms with van der Waals surface area (Å²) in [5.41, 5.74) is 0. The van der Waals surface area contributed by atoms with E-state index in [9.17, 15) is 0 Å². The molecule has 0 spiro atoms. The zero-order chi connectivity index (χ0) is 7.82. The molecule has 0 aromatic heterocycles. The van der Waals surface area contributed by atoms with Gasteiger partial charge in [0.05, 0.1) is 0 Å². The van der Waals surface area contributed by atoms with Crippen molar-refractivity contribution in [1.82, 2.24) is 5.32 Å². The fourth-order valence-corrected chi connectivity index (χ4v) is 1.20. The van der Waals surface area contributed by atoms with Crippen LogP contribution in [0.3, 0.4) is 0 Å². The number of rotatable bonds is 0. The highest BCUT2D eigenvalue weighted by Gasteiger charge is 2.03. The van der Waals surface area contributed by atoms with E-state index in [2.05, 4.69) is 12.2 Å². The summed E-state index contributed by atoms with van der Waals surface area (Å²) < 4.78 is 0. The van der Waals surface area contributed by atoms with Crippen molar-refractivity contribution in [2.45, 2.75) is 52.5 Å². The first kappa shape index (κ1) is 9.96. The Morgan fingerprint density at radius 2 is 1.80 bits per heavy atom. The normalized spacial score (nSPS) is 26.1. The molecule has 1 nitrogen and oxygen atoms in total. The maximum Gasteiger partial charge on any atom is 0.00387 e. The van der Waals surface area contributed by atoms with Gasteiger partial charge in [0.2, 0.25) is 0 Å². The van der Waals surface area contributed by atoms with E-state index >= 15 is 0 Å². The molecule has 1 N–H and O–H groups in total. The lowest BCUT2D eigenvalue weighted by Gasteiger charge is -2.06. The molecule has 1 unspecified atom stereocenters. The van der Waals surface area contributed by atoms with Crippen molar-refractivity contribution in [3.63, 3.8) is 0 Å². The Bertz CT molecular complexity index is 53.7. The molecule has 0 amide bonds. The average molecular weight is 143 g/mol. The zero-order valence-corrected chi connectivity index (χ0v) is 7.61. The summed E-state index contributed by atoms with van der Waals surface area (Å²) in [4.78, 5) is 0. The number of hydrogen-bond donors (Lipinski definition) is 1. The van der Waals surface area contributed by atoms with E-state index < -0.39 is 0 Å². The highest BCUT2D eigenvalue weighted by Crippen LogP contribution is 2.06. The van der Waals surface area contributed by atoms with Crippen LogP contribution in [0.4, 0.5) is 0 Å². The minimum atomic E-state index is 0.775. The summed E-state index contributed by atoms with van der Waals surface area (Å²) in [5, 5.41) is 3.44. The van der Waals surface area contributed by atoms with Crippen molar-refractivity contribution in [3.05, 3.63) is 0 Å². The molecule has 1 atom stereocenters. The Balaban J connectivity index is 0.000000371. The molecule has 1 saturated heterocycles. The van der Waals surface area contributed by atoms with Gasteiger partial charge in [0.25, 0.3) is 0 Å². The van der Waals surface area contributed by atoms with Crippen molar-refractivity contribution < 1.29 is 0 Å². The lowest BCUT2D eigenvalue weighted by Crippen LogP contribution is -2.24. The molecule has 0 saturated carbocycles. The summed E-state index contributed by atoms with van der Waals surface area (Å²) in [7, 11) is 0. The maximum atomic E-state index is 3.44. The van der Waals surface area contributed by atoms with Crippen LogP contribution in [0.2, 0.25) is 0 Å². The molecule has 1 rings (SSSR count). The molecular weight excluding hydrogens is 122 g/mol. The van der Waals surface area contributed by atoms with E-state index in [4.69, 9.17) is 0 Å². The third kappa shape index (κ3) is 4.80. The third-order valence-electron chi connectivity index (χ3n) is 1.81. The highest BCUT2D eigenvalue weighted by atomic mass is 14.9. The zero-order valence-electron chi connectivity index (χ0n) is 7.61. The maximum absolute atomic E-state index is 3.44. The van der Waals surface area contributed by atoms with Crippen molar-refractivity contribution in [2.75, 3.05) is 6.54 Å². The number of nitrogens with one attached hydrogen (secondary N) is 1. The van der Waals surface area contributed by atoms with Crippen LogP contribution in [0.1, 0.15) is 46.5 Å². The predicted molar refractivity (Wildman–Crippen MR) is 47.3 cm³/mol.